The predicted molar refractivity (Wildman–Crippen MR) is 131 cm³/mol. The topological polar surface area (TPSA) is 92.5 Å². The zero-order valence-electron chi connectivity index (χ0n) is 19.7. The van der Waals surface area contributed by atoms with Crippen molar-refractivity contribution in [3.05, 3.63) is 84.0 Å². The number of nitrogens with zero attached hydrogens (tertiary/aromatic N) is 3. The van der Waals surface area contributed by atoms with E-state index in [0.717, 1.165) is 16.8 Å². The molecular weight excluding hydrogens is 487 g/mol. The fraction of sp³-hybridized carbons (Fsp3) is 0.192. The number of carbonyl (C=O) groups excluding carboxylic acids is 1. The minimum atomic E-state index is -4.89. The zero-order valence-corrected chi connectivity index (χ0v) is 19.7. The Morgan fingerprint density at radius 3 is 2.73 bits per heavy atom. The standard InChI is InChI=1S/C26H22F3N5O3/c1-16-5-6-19(33-23-4-2-3-7-30-23)10-17(16)13-24-32-15-22(36-24)18-11-20(34-9-8-31-25(34)35)14-21(12-18)37-26(27,28)29/h2-7,10-12,14-15H,8-9,13H2,1H3,(H,30,33)(H,31,35). The Kier molecular flexibility index (Phi) is 6.43. The van der Waals surface area contributed by atoms with Crippen LogP contribution in [-0.4, -0.2) is 35.5 Å². The van der Waals surface area contributed by atoms with Crippen LogP contribution < -0.4 is 20.3 Å². The summed E-state index contributed by atoms with van der Waals surface area (Å²) in [5.41, 5.74) is 3.38. The number of halogens is 3. The number of pyridine rings is 1. The number of aryl methyl sites for hydroxylation is 1. The molecule has 2 aromatic heterocycles. The molecule has 0 aliphatic carbocycles. The van der Waals surface area contributed by atoms with E-state index < -0.39 is 18.1 Å². The number of hydrogen-bond donors (Lipinski definition) is 2. The fourth-order valence-electron chi connectivity index (χ4n) is 4.00. The third-order valence-corrected chi connectivity index (χ3v) is 5.76. The third-order valence-electron chi connectivity index (χ3n) is 5.76. The summed E-state index contributed by atoms with van der Waals surface area (Å²) in [6, 6.07) is 15.0. The van der Waals surface area contributed by atoms with Crippen LogP contribution in [0.4, 0.5) is 35.2 Å². The highest BCUT2D eigenvalue weighted by Crippen LogP contribution is 2.34. The van der Waals surface area contributed by atoms with Crippen LogP contribution in [0.2, 0.25) is 0 Å². The molecule has 1 aliphatic heterocycles. The average molecular weight is 509 g/mol. The molecule has 2 N–H and O–H groups in total. The molecular formula is C26H22F3N5O3. The van der Waals surface area contributed by atoms with E-state index in [1.54, 1.807) is 12.3 Å². The largest absolute Gasteiger partial charge is 0.573 e. The molecule has 2 aromatic carbocycles. The first-order valence-electron chi connectivity index (χ1n) is 11.4. The van der Waals surface area contributed by atoms with Crippen molar-refractivity contribution in [2.75, 3.05) is 23.3 Å². The highest BCUT2D eigenvalue weighted by molar-refractivity contribution is 5.95. The molecule has 2 amide bonds. The van der Waals surface area contributed by atoms with Gasteiger partial charge >= 0.3 is 12.4 Å². The van der Waals surface area contributed by atoms with Gasteiger partial charge in [0.1, 0.15) is 11.6 Å². The monoisotopic (exact) mass is 509 g/mol. The summed E-state index contributed by atoms with van der Waals surface area (Å²) in [7, 11) is 0. The molecule has 8 nitrogen and oxygen atoms in total. The summed E-state index contributed by atoms with van der Waals surface area (Å²) in [6.45, 7) is 2.67. The normalized spacial score (nSPS) is 13.5. The van der Waals surface area contributed by atoms with E-state index in [2.05, 4.69) is 25.3 Å². The number of aromatic nitrogens is 2. The van der Waals surface area contributed by atoms with E-state index in [1.165, 1.54) is 23.2 Å². The van der Waals surface area contributed by atoms with Crippen molar-refractivity contribution in [3.8, 4) is 17.1 Å². The molecule has 0 atom stereocenters. The molecule has 0 bridgehead atoms. The molecule has 0 spiro atoms. The SMILES string of the molecule is Cc1ccc(Nc2ccccn2)cc1Cc1ncc(-c2cc(OC(F)(F)F)cc(N3CCNC3=O)c2)o1. The van der Waals surface area contributed by atoms with Gasteiger partial charge in [-0.25, -0.2) is 14.8 Å². The molecule has 1 fully saturated rings. The van der Waals surface area contributed by atoms with Gasteiger partial charge in [0.2, 0.25) is 0 Å². The van der Waals surface area contributed by atoms with Gasteiger partial charge in [0.15, 0.2) is 11.7 Å². The molecule has 1 aliphatic rings. The summed E-state index contributed by atoms with van der Waals surface area (Å²) in [6.07, 6.45) is -1.38. The van der Waals surface area contributed by atoms with Gasteiger partial charge in [-0.2, -0.15) is 0 Å². The highest BCUT2D eigenvalue weighted by Gasteiger charge is 2.32. The Balaban J connectivity index is 1.41. The summed E-state index contributed by atoms with van der Waals surface area (Å²) >= 11 is 0. The number of anilines is 3. The minimum absolute atomic E-state index is 0.254. The van der Waals surface area contributed by atoms with E-state index in [-0.39, 0.29) is 11.4 Å². The number of nitrogens with one attached hydrogen (secondary N) is 2. The average Bonchev–Trinajstić information content (AvgIpc) is 3.50. The number of benzene rings is 2. The third kappa shape index (κ3) is 5.83. The number of hydrogen-bond acceptors (Lipinski definition) is 6. The second-order valence-corrected chi connectivity index (χ2v) is 8.42. The zero-order chi connectivity index (χ0) is 26.0. The van der Waals surface area contributed by atoms with Crippen LogP contribution in [0.15, 0.2) is 71.4 Å². The molecule has 11 heteroatoms. The highest BCUT2D eigenvalue weighted by atomic mass is 19.4. The quantitative estimate of drug-likeness (QED) is 0.327. The van der Waals surface area contributed by atoms with E-state index in [0.29, 0.717) is 36.8 Å². The van der Waals surface area contributed by atoms with Crippen LogP contribution in [0.5, 0.6) is 5.75 Å². The first-order valence-corrected chi connectivity index (χ1v) is 11.4. The van der Waals surface area contributed by atoms with Crippen molar-refractivity contribution in [3.63, 3.8) is 0 Å². The van der Waals surface area contributed by atoms with Gasteiger partial charge < -0.3 is 19.8 Å². The molecule has 37 heavy (non-hydrogen) atoms. The van der Waals surface area contributed by atoms with E-state index in [4.69, 9.17) is 4.42 Å². The Morgan fingerprint density at radius 1 is 1.14 bits per heavy atom. The lowest BCUT2D eigenvalue weighted by atomic mass is 10.0. The molecule has 0 radical (unpaired) electrons. The Labute approximate surface area is 210 Å². The van der Waals surface area contributed by atoms with Crippen LogP contribution in [0, 0.1) is 6.92 Å². The van der Waals surface area contributed by atoms with Crippen molar-refractivity contribution < 1.29 is 27.1 Å². The maximum Gasteiger partial charge on any atom is 0.573 e. The van der Waals surface area contributed by atoms with Gasteiger partial charge in [0, 0.05) is 48.7 Å². The number of amides is 2. The maximum atomic E-state index is 13.0. The molecule has 190 valence electrons. The first kappa shape index (κ1) is 24.2. The Bertz CT molecular complexity index is 1420. The Morgan fingerprint density at radius 2 is 2.00 bits per heavy atom. The van der Waals surface area contributed by atoms with Crippen LogP contribution in [0.25, 0.3) is 11.3 Å². The van der Waals surface area contributed by atoms with Crippen molar-refractivity contribution in [1.82, 2.24) is 15.3 Å². The van der Waals surface area contributed by atoms with Gasteiger partial charge in [0.05, 0.1) is 6.20 Å². The molecule has 5 rings (SSSR count). The summed E-state index contributed by atoms with van der Waals surface area (Å²) < 4.78 is 48.9. The first-order chi connectivity index (χ1) is 17.7. The second-order valence-electron chi connectivity index (χ2n) is 8.42. The molecule has 3 heterocycles. The van der Waals surface area contributed by atoms with Gasteiger partial charge in [-0.1, -0.05) is 12.1 Å². The van der Waals surface area contributed by atoms with Crippen LogP contribution in [0.3, 0.4) is 0 Å². The van der Waals surface area contributed by atoms with Crippen molar-refractivity contribution >= 4 is 23.2 Å². The number of rotatable bonds is 7. The second kappa shape index (κ2) is 9.84. The van der Waals surface area contributed by atoms with Crippen LogP contribution >= 0.6 is 0 Å². The predicted octanol–water partition coefficient (Wildman–Crippen LogP) is 5.81. The van der Waals surface area contributed by atoms with Crippen molar-refractivity contribution in [2.24, 2.45) is 0 Å². The smallest absolute Gasteiger partial charge is 0.440 e. The minimum Gasteiger partial charge on any atom is -0.440 e. The van der Waals surface area contributed by atoms with E-state index in [9.17, 15) is 18.0 Å². The number of carbonyl (C=O) groups is 1. The number of urea groups is 1. The van der Waals surface area contributed by atoms with Gasteiger partial charge in [0.25, 0.3) is 0 Å². The molecule has 0 unspecified atom stereocenters. The van der Waals surface area contributed by atoms with Crippen LogP contribution in [0.1, 0.15) is 17.0 Å². The Hall–Kier alpha value is -4.54. The number of oxazole rings is 1. The van der Waals surface area contributed by atoms with Gasteiger partial charge in [-0.05, 0) is 54.4 Å². The van der Waals surface area contributed by atoms with E-state index in [1.807, 2.05) is 43.3 Å². The summed E-state index contributed by atoms with van der Waals surface area (Å²) in [5.74, 6) is 0.889. The van der Waals surface area contributed by atoms with Crippen molar-refractivity contribution in [2.45, 2.75) is 19.7 Å². The maximum absolute atomic E-state index is 13.0. The lowest BCUT2D eigenvalue weighted by Crippen LogP contribution is -2.27. The summed E-state index contributed by atoms with van der Waals surface area (Å²) in [5, 5.41) is 5.88. The number of alkyl halides is 3. The lowest BCUT2D eigenvalue weighted by molar-refractivity contribution is -0.274. The lowest BCUT2D eigenvalue weighted by Gasteiger charge is -2.17. The molecule has 0 saturated carbocycles. The van der Waals surface area contributed by atoms with E-state index >= 15 is 0 Å². The van der Waals surface area contributed by atoms with Gasteiger partial charge in [-0.15, -0.1) is 13.2 Å². The number of ether oxygens (including phenoxy) is 1. The fourth-order valence-corrected chi connectivity index (χ4v) is 4.00. The summed E-state index contributed by atoms with van der Waals surface area (Å²) in [4.78, 5) is 22.0. The van der Waals surface area contributed by atoms with Gasteiger partial charge in [-0.3, -0.25) is 4.90 Å². The molecule has 4 aromatic rings. The molecule has 1 saturated heterocycles. The van der Waals surface area contributed by atoms with Crippen LogP contribution in [-0.2, 0) is 6.42 Å². The van der Waals surface area contributed by atoms with Crippen molar-refractivity contribution in [1.29, 1.82) is 0 Å².